The van der Waals surface area contributed by atoms with Crippen molar-refractivity contribution in [1.29, 1.82) is 0 Å². The number of nitrogens with one attached hydrogen (secondary N) is 1. The number of amides is 1. The molecule has 1 amide bonds. The predicted molar refractivity (Wildman–Crippen MR) is 103 cm³/mol. The maximum atomic E-state index is 12.7. The van der Waals surface area contributed by atoms with Crippen LogP contribution in [0.5, 0.6) is 5.75 Å². The fourth-order valence-corrected chi connectivity index (χ4v) is 4.54. The van der Waals surface area contributed by atoms with E-state index in [2.05, 4.69) is 5.32 Å². The summed E-state index contributed by atoms with van der Waals surface area (Å²) in [7, 11) is -1.52. The highest BCUT2D eigenvalue weighted by molar-refractivity contribution is 7.89. The van der Waals surface area contributed by atoms with Crippen molar-refractivity contribution in [2.45, 2.75) is 46.1 Å². The van der Waals surface area contributed by atoms with Crippen molar-refractivity contribution in [1.82, 2.24) is 9.62 Å². The molecule has 1 N–H and O–H groups in total. The van der Waals surface area contributed by atoms with Crippen LogP contribution in [0.3, 0.4) is 0 Å². The number of aryl methyl sites for hydroxylation is 1. The summed E-state index contributed by atoms with van der Waals surface area (Å²) >= 11 is 0. The van der Waals surface area contributed by atoms with Crippen molar-refractivity contribution >= 4 is 15.9 Å². The monoisotopic (exact) mass is 382 g/mol. The molecule has 146 valence electrons. The molecule has 1 aliphatic rings. The summed E-state index contributed by atoms with van der Waals surface area (Å²) in [6.07, 6.45) is 1.94. The quantitative estimate of drug-likeness (QED) is 0.787. The van der Waals surface area contributed by atoms with E-state index in [1.807, 2.05) is 32.0 Å². The Labute approximate surface area is 157 Å². The van der Waals surface area contributed by atoms with Crippen molar-refractivity contribution in [3.63, 3.8) is 0 Å². The number of rotatable bonds is 7. The number of methoxy groups -OCH3 is 1. The Kier molecular flexibility index (Phi) is 7.06. The van der Waals surface area contributed by atoms with Crippen LogP contribution < -0.4 is 10.1 Å². The minimum Gasteiger partial charge on any atom is -0.496 e. The Morgan fingerprint density at radius 2 is 1.96 bits per heavy atom. The molecule has 1 aliphatic heterocycles. The number of benzene rings is 1. The summed E-state index contributed by atoms with van der Waals surface area (Å²) in [6, 6.07) is 5.90. The number of carbonyl (C=O) groups is 1. The smallest absolute Gasteiger partial charge is 0.223 e. The van der Waals surface area contributed by atoms with Crippen molar-refractivity contribution in [3.8, 4) is 5.75 Å². The minimum absolute atomic E-state index is 0.0128. The number of hydrogen-bond donors (Lipinski definition) is 1. The number of hydrogen-bond acceptors (Lipinski definition) is 4. The lowest BCUT2D eigenvalue weighted by Gasteiger charge is -2.31. The molecule has 1 saturated heterocycles. The zero-order valence-electron chi connectivity index (χ0n) is 16.1. The third-order valence-electron chi connectivity index (χ3n) is 5.13. The van der Waals surface area contributed by atoms with Crippen LogP contribution in [-0.4, -0.2) is 44.6 Å². The van der Waals surface area contributed by atoms with Crippen LogP contribution >= 0.6 is 0 Å². The molecule has 1 aromatic carbocycles. The number of ether oxygens (including phenoxy) is 1. The maximum Gasteiger partial charge on any atom is 0.223 e. The van der Waals surface area contributed by atoms with E-state index in [0.717, 1.165) is 23.3 Å². The first-order valence-electron chi connectivity index (χ1n) is 9.25. The fraction of sp³-hybridized carbons (Fsp3) is 0.632. The van der Waals surface area contributed by atoms with Crippen molar-refractivity contribution in [2.24, 2.45) is 5.92 Å². The SMILES string of the molecule is CC[C@H](NC(=O)C1CCN(S(=O)(=O)CC)CC1)c1ccc(OC)c(C)c1. The molecule has 0 aromatic heterocycles. The van der Waals surface area contributed by atoms with Gasteiger partial charge in [-0.05, 0) is 50.3 Å². The van der Waals surface area contributed by atoms with Gasteiger partial charge >= 0.3 is 0 Å². The van der Waals surface area contributed by atoms with E-state index in [0.29, 0.717) is 25.9 Å². The molecule has 2 rings (SSSR count). The molecule has 1 heterocycles. The molecule has 1 atom stereocenters. The summed E-state index contributed by atoms with van der Waals surface area (Å²) in [4.78, 5) is 12.7. The molecule has 6 nitrogen and oxygen atoms in total. The molecule has 0 radical (unpaired) electrons. The highest BCUT2D eigenvalue weighted by atomic mass is 32.2. The van der Waals surface area contributed by atoms with E-state index in [1.165, 1.54) is 4.31 Å². The zero-order chi connectivity index (χ0) is 19.3. The molecule has 0 unspecified atom stereocenters. The third kappa shape index (κ3) is 4.76. The van der Waals surface area contributed by atoms with Gasteiger partial charge in [0.05, 0.1) is 18.9 Å². The average Bonchev–Trinajstić information content (AvgIpc) is 2.65. The first-order chi connectivity index (χ1) is 12.3. The van der Waals surface area contributed by atoms with Crippen molar-refractivity contribution in [3.05, 3.63) is 29.3 Å². The van der Waals surface area contributed by atoms with E-state index >= 15 is 0 Å². The van der Waals surface area contributed by atoms with Crippen LogP contribution in [-0.2, 0) is 14.8 Å². The van der Waals surface area contributed by atoms with E-state index in [9.17, 15) is 13.2 Å². The molecule has 0 bridgehead atoms. The Hall–Kier alpha value is -1.60. The lowest BCUT2D eigenvalue weighted by atomic mass is 9.95. The number of carbonyl (C=O) groups excluding carboxylic acids is 1. The summed E-state index contributed by atoms with van der Waals surface area (Å²) in [5.74, 6) is 0.823. The number of piperidine rings is 1. The maximum absolute atomic E-state index is 12.7. The van der Waals surface area contributed by atoms with Gasteiger partial charge in [0.25, 0.3) is 0 Å². The van der Waals surface area contributed by atoms with Gasteiger partial charge in [-0.1, -0.05) is 19.1 Å². The predicted octanol–water partition coefficient (Wildman–Crippen LogP) is 2.63. The number of nitrogens with zero attached hydrogens (tertiary/aromatic N) is 1. The molecule has 7 heteroatoms. The van der Waals surface area contributed by atoms with E-state index in [1.54, 1.807) is 14.0 Å². The standard InChI is InChI=1S/C19H30N2O4S/c1-5-17(16-7-8-18(25-4)14(3)13-16)20-19(22)15-9-11-21(12-10-15)26(23,24)6-2/h7-8,13,15,17H,5-6,9-12H2,1-4H3,(H,20,22)/t17-/m0/s1. The Morgan fingerprint density at radius 1 is 1.31 bits per heavy atom. The molecular formula is C19H30N2O4S. The minimum atomic E-state index is -3.16. The first-order valence-corrected chi connectivity index (χ1v) is 10.9. The Morgan fingerprint density at radius 3 is 2.46 bits per heavy atom. The van der Waals surface area contributed by atoms with Gasteiger partial charge in [-0.2, -0.15) is 0 Å². The van der Waals surface area contributed by atoms with E-state index in [4.69, 9.17) is 4.74 Å². The van der Waals surface area contributed by atoms with Crippen LogP contribution in [0.2, 0.25) is 0 Å². The lowest BCUT2D eigenvalue weighted by molar-refractivity contribution is -0.126. The third-order valence-corrected chi connectivity index (χ3v) is 7.01. The zero-order valence-corrected chi connectivity index (χ0v) is 16.9. The van der Waals surface area contributed by atoms with Gasteiger partial charge < -0.3 is 10.1 Å². The molecule has 0 aliphatic carbocycles. The fourth-order valence-electron chi connectivity index (χ4n) is 3.41. The average molecular weight is 383 g/mol. The molecule has 1 fully saturated rings. The second-order valence-corrected chi connectivity index (χ2v) is 9.03. The van der Waals surface area contributed by atoms with Crippen LogP contribution in [0.25, 0.3) is 0 Å². The second-order valence-electron chi connectivity index (χ2n) is 6.77. The Bertz CT molecular complexity index is 725. The Balaban J connectivity index is 1.99. The van der Waals surface area contributed by atoms with Crippen molar-refractivity contribution < 1.29 is 17.9 Å². The highest BCUT2D eigenvalue weighted by Crippen LogP contribution is 2.26. The van der Waals surface area contributed by atoms with Crippen LogP contribution in [0, 0.1) is 12.8 Å². The highest BCUT2D eigenvalue weighted by Gasteiger charge is 2.30. The van der Waals surface area contributed by atoms with Crippen LogP contribution in [0.15, 0.2) is 18.2 Å². The first kappa shape index (κ1) is 20.7. The molecule has 1 aromatic rings. The van der Waals surface area contributed by atoms with Crippen molar-refractivity contribution in [2.75, 3.05) is 26.0 Å². The van der Waals surface area contributed by atoms with Gasteiger partial charge in [-0.15, -0.1) is 0 Å². The number of sulfonamides is 1. The van der Waals surface area contributed by atoms with E-state index < -0.39 is 10.0 Å². The molecule has 0 saturated carbocycles. The molecular weight excluding hydrogens is 352 g/mol. The van der Waals surface area contributed by atoms with Gasteiger partial charge in [0.15, 0.2) is 0 Å². The summed E-state index contributed by atoms with van der Waals surface area (Å²) < 4.78 is 30.7. The van der Waals surface area contributed by atoms with E-state index in [-0.39, 0.29) is 23.6 Å². The molecule has 26 heavy (non-hydrogen) atoms. The topological polar surface area (TPSA) is 75.7 Å². The second kappa shape index (κ2) is 8.86. The van der Waals surface area contributed by atoms with Crippen LogP contribution in [0.1, 0.15) is 50.3 Å². The van der Waals surface area contributed by atoms with Gasteiger partial charge in [0.1, 0.15) is 5.75 Å². The van der Waals surface area contributed by atoms with Gasteiger partial charge in [0.2, 0.25) is 15.9 Å². The summed E-state index contributed by atoms with van der Waals surface area (Å²) in [6.45, 7) is 6.53. The van der Waals surface area contributed by atoms with Gasteiger partial charge in [0, 0.05) is 19.0 Å². The largest absolute Gasteiger partial charge is 0.496 e. The molecule has 0 spiro atoms. The van der Waals surface area contributed by atoms with Crippen LogP contribution in [0.4, 0.5) is 0 Å². The van der Waals surface area contributed by atoms with Gasteiger partial charge in [-0.3, -0.25) is 4.79 Å². The van der Waals surface area contributed by atoms with Gasteiger partial charge in [-0.25, -0.2) is 12.7 Å². The lowest BCUT2D eigenvalue weighted by Crippen LogP contribution is -2.44. The summed E-state index contributed by atoms with van der Waals surface area (Å²) in [5, 5.41) is 3.14. The normalized spacial score (nSPS) is 17.7. The summed E-state index contributed by atoms with van der Waals surface area (Å²) in [5.41, 5.74) is 2.10.